The van der Waals surface area contributed by atoms with E-state index in [1.165, 1.54) is 22.5 Å². The Balaban J connectivity index is 1.60. The molecule has 0 bridgehead atoms. The quantitative estimate of drug-likeness (QED) is 0.494. The number of nitro groups is 1. The first kappa shape index (κ1) is 21.2. The van der Waals surface area contributed by atoms with Gasteiger partial charge in [-0.15, -0.1) is 0 Å². The standard InChI is InChI=1S/C17H19ClN4O6S/c1-12-15(17(18)28-19-12)5-6-16(23)20-7-9-21(10-8-20)29(26,27)14-4-2-3-13(11-14)22(24)25/h2-4,11H,5-10H2,1H3. The minimum absolute atomic E-state index is 0.115. The van der Waals surface area contributed by atoms with Crippen LogP contribution in [0.5, 0.6) is 0 Å². The van der Waals surface area contributed by atoms with Crippen LogP contribution in [-0.4, -0.2) is 59.8 Å². The van der Waals surface area contributed by atoms with Crippen LogP contribution in [0.25, 0.3) is 0 Å². The summed E-state index contributed by atoms with van der Waals surface area (Å²) >= 11 is 5.90. The van der Waals surface area contributed by atoms with Crippen LogP contribution in [0.1, 0.15) is 17.7 Å². The number of nitro benzene ring substituents is 1. The van der Waals surface area contributed by atoms with E-state index in [-0.39, 0.29) is 54.3 Å². The molecule has 156 valence electrons. The minimum Gasteiger partial charge on any atom is -0.344 e. The lowest BCUT2D eigenvalue weighted by atomic mass is 10.1. The maximum absolute atomic E-state index is 12.8. The molecular formula is C17H19ClN4O6S. The summed E-state index contributed by atoms with van der Waals surface area (Å²) in [7, 11) is -3.87. The van der Waals surface area contributed by atoms with E-state index in [9.17, 15) is 23.3 Å². The van der Waals surface area contributed by atoms with Crippen molar-refractivity contribution in [1.29, 1.82) is 0 Å². The third-order valence-electron chi connectivity index (χ3n) is 4.78. The second kappa shape index (κ2) is 8.47. The number of amides is 1. The van der Waals surface area contributed by atoms with Gasteiger partial charge in [0.15, 0.2) is 0 Å². The van der Waals surface area contributed by atoms with Gasteiger partial charge in [0.1, 0.15) is 0 Å². The second-order valence-electron chi connectivity index (χ2n) is 6.56. The van der Waals surface area contributed by atoms with Crippen molar-refractivity contribution in [1.82, 2.24) is 14.4 Å². The van der Waals surface area contributed by atoms with Gasteiger partial charge < -0.3 is 9.42 Å². The summed E-state index contributed by atoms with van der Waals surface area (Å²) in [5.74, 6) is -0.117. The van der Waals surface area contributed by atoms with Gasteiger partial charge >= 0.3 is 0 Å². The van der Waals surface area contributed by atoms with Crippen LogP contribution in [-0.2, 0) is 21.2 Å². The summed E-state index contributed by atoms with van der Waals surface area (Å²) in [6, 6.07) is 4.94. The summed E-state index contributed by atoms with van der Waals surface area (Å²) < 4.78 is 31.6. The highest BCUT2D eigenvalue weighted by Crippen LogP contribution is 2.23. The molecule has 0 unspecified atom stereocenters. The lowest BCUT2D eigenvalue weighted by molar-refractivity contribution is -0.385. The van der Waals surface area contributed by atoms with Crippen LogP contribution >= 0.6 is 11.6 Å². The number of nitrogens with zero attached hydrogens (tertiary/aromatic N) is 4. The van der Waals surface area contributed by atoms with Gasteiger partial charge in [-0.25, -0.2) is 8.42 Å². The molecule has 0 saturated carbocycles. The first-order valence-electron chi connectivity index (χ1n) is 8.83. The molecule has 3 rings (SSSR count). The molecule has 2 heterocycles. The first-order chi connectivity index (χ1) is 13.7. The van der Waals surface area contributed by atoms with E-state index in [4.69, 9.17) is 16.1 Å². The van der Waals surface area contributed by atoms with Crippen LogP contribution in [0.2, 0.25) is 5.22 Å². The lowest BCUT2D eigenvalue weighted by Gasteiger charge is -2.34. The molecular weight excluding hydrogens is 424 g/mol. The van der Waals surface area contributed by atoms with Crippen molar-refractivity contribution in [3.63, 3.8) is 0 Å². The SMILES string of the molecule is Cc1noc(Cl)c1CCC(=O)N1CCN(S(=O)(=O)c2cccc([N+](=O)[O-])c2)CC1. The van der Waals surface area contributed by atoms with Gasteiger partial charge in [-0.3, -0.25) is 14.9 Å². The first-order valence-corrected chi connectivity index (χ1v) is 10.6. The number of rotatable bonds is 6. The summed E-state index contributed by atoms with van der Waals surface area (Å²) in [5, 5.41) is 14.8. The second-order valence-corrected chi connectivity index (χ2v) is 8.84. The highest BCUT2D eigenvalue weighted by molar-refractivity contribution is 7.89. The van der Waals surface area contributed by atoms with Gasteiger partial charge in [-0.05, 0) is 31.0 Å². The third-order valence-corrected chi connectivity index (χ3v) is 6.97. The molecule has 29 heavy (non-hydrogen) atoms. The molecule has 0 atom stereocenters. The Labute approximate surface area is 172 Å². The maximum Gasteiger partial charge on any atom is 0.270 e. The normalized spacial score (nSPS) is 15.4. The molecule has 0 radical (unpaired) electrons. The summed E-state index contributed by atoms with van der Waals surface area (Å²) in [6.07, 6.45) is 0.596. The van der Waals surface area contributed by atoms with Crippen molar-refractivity contribution < 1.29 is 22.7 Å². The number of halogens is 1. The molecule has 1 aromatic carbocycles. The molecule has 1 aliphatic rings. The summed E-state index contributed by atoms with van der Waals surface area (Å²) in [5.41, 5.74) is 1.03. The predicted molar refractivity (Wildman–Crippen MR) is 103 cm³/mol. The molecule has 0 spiro atoms. The molecule has 1 amide bonds. The topological polar surface area (TPSA) is 127 Å². The van der Waals surface area contributed by atoms with Crippen LogP contribution in [0, 0.1) is 17.0 Å². The number of sulfonamides is 1. The van der Waals surface area contributed by atoms with E-state index in [0.29, 0.717) is 17.7 Å². The number of non-ortho nitro benzene ring substituents is 1. The lowest BCUT2D eigenvalue weighted by Crippen LogP contribution is -2.50. The van der Waals surface area contributed by atoms with Gasteiger partial charge in [-0.1, -0.05) is 11.2 Å². The number of carbonyl (C=O) groups excluding carboxylic acids is 1. The highest BCUT2D eigenvalue weighted by atomic mass is 35.5. The van der Waals surface area contributed by atoms with E-state index < -0.39 is 14.9 Å². The average Bonchev–Trinajstić information content (AvgIpc) is 3.03. The number of hydrogen-bond donors (Lipinski definition) is 0. The molecule has 1 fully saturated rings. The van der Waals surface area contributed by atoms with Crippen molar-refractivity contribution in [3.8, 4) is 0 Å². The van der Waals surface area contributed by atoms with Crippen LogP contribution in [0.4, 0.5) is 5.69 Å². The fourth-order valence-corrected chi connectivity index (χ4v) is 4.84. The number of hydrogen-bond acceptors (Lipinski definition) is 7. The van der Waals surface area contributed by atoms with Gasteiger partial charge in [-0.2, -0.15) is 4.31 Å². The third kappa shape index (κ3) is 4.57. The molecule has 2 aromatic rings. The molecule has 10 nitrogen and oxygen atoms in total. The zero-order chi connectivity index (χ0) is 21.2. The largest absolute Gasteiger partial charge is 0.344 e. The zero-order valence-electron chi connectivity index (χ0n) is 15.6. The number of carbonyl (C=O) groups is 1. The monoisotopic (exact) mass is 442 g/mol. The van der Waals surface area contributed by atoms with E-state index in [0.717, 1.165) is 6.07 Å². The maximum atomic E-state index is 12.8. The van der Waals surface area contributed by atoms with Gasteiger partial charge in [0, 0.05) is 50.3 Å². The smallest absolute Gasteiger partial charge is 0.270 e. The van der Waals surface area contributed by atoms with Gasteiger partial charge in [0.05, 0.1) is 15.5 Å². The number of aromatic nitrogens is 1. The van der Waals surface area contributed by atoms with E-state index in [1.807, 2.05) is 0 Å². The zero-order valence-corrected chi connectivity index (χ0v) is 17.1. The van der Waals surface area contributed by atoms with Crippen molar-refractivity contribution in [2.75, 3.05) is 26.2 Å². The Kier molecular flexibility index (Phi) is 6.20. The van der Waals surface area contributed by atoms with E-state index in [2.05, 4.69) is 5.16 Å². The molecule has 0 aliphatic carbocycles. The Hall–Kier alpha value is -2.50. The van der Waals surface area contributed by atoms with Crippen molar-refractivity contribution in [2.24, 2.45) is 0 Å². The highest BCUT2D eigenvalue weighted by Gasteiger charge is 2.31. The summed E-state index contributed by atoms with van der Waals surface area (Å²) in [4.78, 5) is 24.2. The molecule has 0 N–H and O–H groups in total. The Morgan fingerprint density at radius 1 is 1.31 bits per heavy atom. The van der Waals surface area contributed by atoms with Crippen LogP contribution in [0.15, 0.2) is 33.7 Å². The summed E-state index contributed by atoms with van der Waals surface area (Å²) in [6.45, 7) is 2.45. The Morgan fingerprint density at radius 2 is 2.00 bits per heavy atom. The number of piperazine rings is 1. The fraction of sp³-hybridized carbons (Fsp3) is 0.412. The van der Waals surface area contributed by atoms with Crippen molar-refractivity contribution >= 4 is 33.2 Å². The van der Waals surface area contributed by atoms with Crippen molar-refractivity contribution in [2.45, 2.75) is 24.7 Å². The van der Waals surface area contributed by atoms with Crippen LogP contribution in [0.3, 0.4) is 0 Å². The minimum atomic E-state index is -3.87. The molecule has 1 aliphatic heterocycles. The fourth-order valence-electron chi connectivity index (χ4n) is 3.11. The predicted octanol–water partition coefficient (Wildman–Crippen LogP) is 2.01. The van der Waals surface area contributed by atoms with Gasteiger partial charge in [0.2, 0.25) is 21.1 Å². The van der Waals surface area contributed by atoms with Gasteiger partial charge in [0.25, 0.3) is 5.69 Å². The molecule has 1 aromatic heterocycles. The Bertz CT molecular complexity index is 1010. The number of aryl methyl sites for hydroxylation is 1. The van der Waals surface area contributed by atoms with E-state index >= 15 is 0 Å². The van der Waals surface area contributed by atoms with Crippen LogP contribution < -0.4 is 0 Å². The average molecular weight is 443 g/mol. The molecule has 12 heteroatoms. The van der Waals surface area contributed by atoms with Crippen molar-refractivity contribution in [3.05, 3.63) is 50.9 Å². The number of benzene rings is 1. The van der Waals surface area contributed by atoms with E-state index in [1.54, 1.807) is 11.8 Å². The Morgan fingerprint density at radius 3 is 2.59 bits per heavy atom. The molecule has 1 saturated heterocycles.